The molecule has 0 N–H and O–H groups in total. The van der Waals surface area contributed by atoms with Crippen LogP contribution in [-0.2, 0) is 0 Å². The van der Waals surface area contributed by atoms with E-state index in [-0.39, 0.29) is 0 Å². The molecule has 0 aromatic rings. The summed E-state index contributed by atoms with van der Waals surface area (Å²) >= 11 is 0. The van der Waals surface area contributed by atoms with E-state index in [0.717, 1.165) is 6.42 Å². The van der Waals surface area contributed by atoms with Crippen LogP contribution >= 0.6 is 0 Å². The second-order valence-electron chi connectivity index (χ2n) is 2.09. The molecule has 0 aromatic carbocycles. The van der Waals surface area contributed by atoms with Gasteiger partial charge in [-0.15, -0.1) is 5.73 Å². The standard InChI is InChI=1S/C9H10/c1-9-7-5-3-2-4-6-8-9/h2,5-8H,3H2,1H3/b7-5-,9-8-. The normalized spacial score (nSPS) is 26.1. The van der Waals surface area contributed by atoms with Gasteiger partial charge in [0.05, 0.1) is 0 Å². The Labute approximate surface area is 55.9 Å². The third-order valence-corrected chi connectivity index (χ3v) is 1.19. The van der Waals surface area contributed by atoms with E-state index in [0.29, 0.717) is 0 Å². The van der Waals surface area contributed by atoms with E-state index in [9.17, 15) is 0 Å². The van der Waals surface area contributed by atoms with Crippen molar-refractivity contribution in [3.8, 4) is 0 Å². The number of rotatable bonds is 0. The molecule has 0 unspecified atom stereocenters. The van der Waals surface area contributed by atoms with Crippen LogP contribution in [0.25, 0.3) is 0 Å². The van der Waals surface area contributed by atoms with Crippen LogP contribution in [0, 0.1) is 0 Å². The molecule has 0 heteroatoms. The first kappa shape index (κ1) is 6.12. The molecule has 1 aliphatic rings. The highest BCUT2D eigenvalue weighted by molar-refractivity contribution is 5.23. The van der Waals surface area contributed by atoms with Gasteiger partial charge in [0.1, 0.15) is 0 Å². The van der Waals surface area contributed by atoms with Gasteiger partial charge >= 0.3 is 0 Å². The third kappa shape index (κ3) is 2.16. The molecule has 0 bridgehead atoms. The van der Waals surface area contributed by atoms with Gasteiger partial charge < -0.3 is 0 Å². The predicted molar refractivity (Wildman–Crippen MR) is 40.2 cm³/mol. The van der Waals surface area contributed by atoms with Crippen molar-refractivity contribution in [2.24, 2.45) is 0 Å². The van der Waals surface area contributed by atoms with Crippen molar-refractivity contribution < 1.29 is 0 Å². The van der Waals surface area contributed by atoms with Crippen molar-refractivity contribution in [3.05, 3.63) is 41.7 Å². The van der Waals surface area contributed by atoms with Crippen molar-refractivity contribution >= 4 is 0 Å². The molecule has 0 atom stereocenters. The van der Waals surface area contributed by atoms with Crippen molar-refractivity contribution in [1.29, 1.82) is 0 Å². The molecule has 0 radical (unpaired) electrons. The summed E-state index contributed by atoms with van der Waals surface area (Å²) in [6.45, 7) is 2.08. The highest BCUT2D eigenvalue weighted by atomic mass is 13.8. The molecular weight excluding hydrogens is 108 g/mol. The fourth-order valence-electron chi connectivity index (χ4n) is 0.693. The average Bonchev–Trinajstić information content (AvgIpc) is 1.79. The van der Waals surface area contributed by atoms with Gasteiger partial charge in [-0.2, -0.15) is 0 Å². The average molecular weight is 118 g/mol. The summed E-state index contributed by atoms with van der Waals surface area (Å²) in [6.07, 6.45) is 11.3. The third-order valence-electron chi connectivity index (χ3n) is 1.19. The lowest BCUT2D eigenvalue weighted by Crippen LogP contribution is -1.67. The maximum atomic E-state index is 3.04. The summed E-state index contributed by atoms with van der Waals surface area (Å²) in [7, 11) is 0. The molecule has 0 saturated heterocycles. The van der Waals surface area contributed by atoms with Gasteiger partial charge in [0.15, 0.2) is 0 Å². The van der Waals surface area contributed by atoms with Crippen molar-refractivity contribution in [2.75, 3.05) is 0 Å². The highest BCUT2D eigenvalue weighted by Crippen LogP contribution is 1.98. The van der Waals surface area contributed by atoms with Crippen LogP contribution in [0.1, 0.15) is 13.3 Å². The van der Waals surface area contributed by atoms with Crippen LogP contribution in [0.3, 0.4) is 0 Å². The summed E-state index contributed by atoms with van der Waals surface area (Å²) < 4.78 is 0. The Bertz CT molecular complexity index is 198. The predicted octanol–water partition coefficient (Wildman–Crippen LogP) is 2.60. The van der Waals surface area contributed by atoms with Crippen LogP contribution in [0.2, 0.25) is 0 Å². The minimum Gasteiger partial charge on any atom is -0.125 e. The van der Waals surface area contributed by atoms with E-state index in [4.69, 9.17) is 0 Å². The Kier molecular flexibility index (Phi) is 2.12. The Hall–Kier alpha value is -1.00. The van der Waals surface area contributed by atoms with E-state index in [1.165, 1.54) is 5.57 Å². The summed E-state index contributed by atoms with van der Waals surface area (Å²) in [5, 5.41) is 0. The molecule has 0 aromatic heterocycles. The first-order valence-corrected chi connectivity index (χ1v) is 3.14. The van der Waals surface area contributed by atoms with Crippen LogP contribution in [0.4, 0.5) is 0 Å². The van der Waals surface area contributed by atoms with Crippen LogP contribution < -0.4 is 0 Å². The molecule has 46 valence electrons. The Morgan fingerprint density at radius 3 is 3.33 bits per heavy atom. The lowest BCUT2D eigenvalue weighted by Gasteiger charge is -1.88. The molecule has 0 heterocycles. The fourth-order valence-corrected chi connectivity index (χ4v) is 0.693. The van der Waals surface area contributed by atoms with Gasteiger partial charge in [-0.05, 0) is 25.5 Å². The summed E-state index contributed by atoms with van der Waals surface area (Å²) in [5.74, 6) is 0. The van der Waals surface area contributed by atoms with Crippen LogP contribution in [0.5, 0.6) is 0 Å². The highest BCUT2D eigenvalue weighted by Gasteiger charge is 1.78. The van der Waals surface area contributed by atoms with Crippen LogP contribution in [0.15, 0.2) is 41.7 Å². The SMILES string of the molecule is CC1=C/C=C=CC/C=C\1. The van der Waals surface area contributed by atoms with Gasteiger partial charge in [-0.25, -0.2) is 0 Å². The van der Waals surface area contributed by atoms with Crippen molar-refractivity contribution in [1.82, 2.24) is 0 Å². The summed E-state index contributed by atoms with van der Waals surface area (Å²) in [4.78, 5) is 0. The minimum atomic E-state index is 1.00. The van der Waals surface area contributed by atoms with Crippen LogP contribution in [-0.4, -0.2) is 0 Å². The second kappa shape index (κ2) is 3.11. The second-order valence-corrected chi connectivity index (χ2v) is 2.09. The number of hydrogen-bond donors (Lipinski definition) is 0. The first-order chi connectivity index (χ1) is 4.39. The lowest BCUT2D eigenvalue weighted by molar-refractivity contribution is 1.36. The van der Waals surface area contributed by atoms with Gasteiger partial charge in [-0.1, -0.05) is 23.8 Å². The van der Waals surface area contributed by atoms with E-state index in [1.807, 2.05) is 18.2 Å². The Morgan fingerprint density at radius 1 is 1.56 bits per heavy atom. The molecule has 0 aliphatic heterocycles. The Balaban J connectivity index is 2.82. The molecule has 0 spiro atoms. The molecule has 1 aliphatic carbocycles. The van der Waals surface area contributed by atoms with Gasteiger partial charge in [0, 0.05) is 0 Å². The smallest absolute Gasteiger partial charge is 0.00897 e. The topological polar surface area (TPSA) is 0 Å². The van der Waals surface area contributed by atoms with E-state index >= 15 is 0 Å². The summed E-state index contributed by atoms with van der Waals surface area (Å²) in [5.41, 5.74) is 4.33. The zero-order chi connectivity index (χ0) is 6.53. The summed E-state index contributed by atoms with van der Waals surface area (Å²) in [6, 6.07) is 0. The largest absolute Gasteiger partial charge is 0.125 e. The molecular formula is C9H10. The number of hydrogen-bond acceptors (Lipinski definition) is 0. The number of allylic oxidation sites excluding steroid dienone is 5. The molecule has 0 nitrogen and oxygen atoms in total. The fraction of sp³-hybridized carbons (Fsp3) is 0.222. The molecule has 1 rings (SSSR count). The quantitative estimate of drug-likeness (QED) is 0.429. The zero-order valence-electron chi connectivity index (χ0n) is 5.59. The van der Waals surface area contributed by atoms with Gasteiger partial charge in [-0.3, -0.25) is 0 Å². The lowest BCUT2D eigenvalue weighted by atomic mass is 10.2. The van der Waals surface area contributed by atoms with Crippen molar-refractivity contribution in [3.63, 3.8) is 0 Å². The Morgan fingerprint density at radius 2 is 2.44 bits per heavy atom. The zero-order valence-corrected chi connectivity index (χ0v) is 5.59. The van der Waals surface area contributed by atoms with E-state index in [2.05, 4.69) is 24.8 Å². The van der Waals surface area contributed by atoms with Gasteiger partial charge in [0.2, 0.25) is 0 Å². The molecule has 9 heavy (non-hydrogen) atoms. The van der Waals surface area contributed by atoms with Crippen molar-refractivity contribution in [2.45, 2.75) is 13.3 Å². The molecule has 0 amide bonds. The minimum absolute atomic E-state index is 1.00. The van der Waals surface area contributed by atoms with E-state index in [1.54, 1.807) is 0 Å². The first-order valence-electron chi connectivity index (χ1n) is 3.14. The van der Waals surface area contributed by atoms with Gasteiger partial charge in [0.25, 0.3) is 0 Å². The monoisotopic (exact) mass is 118 g/mol. The molecule has 0 saturated carbocycles. The van der Waals surface area contributed by atoms with E-state index < -0.39 is 0 Å². The molecule has 0 fully saturated rings. The maximum absolute atomic E-state index is 3.04. The maximum Gasteiger partial charge on any atom is -0.00897 e.